The van der Waals surface area contributed by atoms with Crippen LogP contribution in [0.2, 0.25) is 0 Å². The quantitative estimate of drug-likeness (QED) is 0.433. The second kappa shape index (κ2) is 8.13. The van der Waals surface area contributed by atoms with E-state index in [1.807, 2.05) is 25.7 Å². The molecule has 4 saturated carbocycles. The predicted octanol–water partition coefficient (Wildman–Crippen LogP) is 0.675. The molecule has 1 amide bonds. The summed E-state index contributed by atoms with van der Waals surface area (Å²) in [5, 5.41) is 33.6. The Labute approximate surface area is 172 Å². The maximum atomic E-state index is 12.5. The fourth-order valence-electron chi connectivity index (χ4n) is 6.62. The van der Waals surface area contributed by atoms with Crippen molar-refractivity contribution < 1.29 is 29.6 Å². The molecule has 0 radical (unpaired) electrons. The first-order valence-electron chi connectivity index (χ1n) is 10.7. The number of nitrogens with one attached hydrogen (secondary N) is 1. The molecule has 0 saturated heterocycles. The van der Waals surface area contributed by atoms with Crippen molar-refractivity contribution in [3.8, 4) is 0 Å². The maximum Gasteiger partial charge on any atom is 0.408 e. The predicted molar refractivity (Wildman–Crippen MR) is 106 cm³/mol. The molecule has 4 aliphatic carbocycles. The van der Waals surface area contributed by atoms with Gasteiger partial charge in [-0.05, 0) is 64.7 Å². The molecule has 0 heterocycles. The average molecular weight is 413 g/mol. The zero-order chi connectivity index (χ0) is 21.4. The highest BCUT2D eigenvalue weighted by molar-refractivity contribution is 5.72. The first kappa shape index (κ1) is 22.5. The summed E-state index contributed by atoms with van der Waals surface area (Å²) in [6.07, 6.45) is 2.75. The first-order chi connectivity index (χ1) is 13.6. The number of amides is 1. The molecule has 4 fully saturated rings. The standard InChI is InChI=1S/C21H36N2O6/c1-19(2,3)22-18(27)29-16(13-26)20-9-14-8-15(10-20)12-21(28,11-14)17(20)23(4-6-24)5-7-25/h13-17,24-25,28H,4-12H2,1-3H3,(H,22,27). The van der Waals surface area contributed by atoms with Crippen molar-refractivity contribution in [1.29, 1.82) is 0 Å². The number of nitrogens with zero attached hydrogens (tertiary/aromatic N) is 1. The van der Waals surface area contributed by atoms with Crippen molar-refractivity contribution >= 4 is 12.4 Å². The molecular weight excluding hydrogens is 376 g/mol. The second-order valence-corrected chi connectivity index (χ2v) is 10.3. The van der Waals surface area contributed by atoms with E-state index in [9.17, 15) is 24.9 Å². The van der Waals surface area contributed by atoms with Crippen molar-refractivity contribution in [2.24, 2.45) is 17.3 Å². The van der Waals surface area contributed by atoms with Gasteiger partial charge in [0.25, 0.3) is 0 Å². The van der Waals surface area contributed by atoms with Gasteiger partial charge in [0.15, 0.2) is 12.4 Å². The van der Waals surface area contributed by atoms with Crippen LogP contribution in [0.1, 0.15) is 52.9 Å². The number of carbonyl (C=O) groups excluding carboxylic acids is 2. The molecule has 0 aromatic heterocycles. The van der Waals surface area contributed by atoms with Crippen LogP contribution < -0.4 is 5.32 Å². The monoisotopic (exact) mass is 412 g/mol. The number of rotatable bonds is 8. The normalized spacial score (nSPS) is 36.9. The van der Waals surface area contributed by atoms with E-state index < -0.39 is 34.8 Å². The summed E-state index contributed by atoms with van der Waals surface area (Å²) >= 11 is 0. The lowest BCUT2D eigenvalue weighted by atomic mass is 9.44. The number of carbonyl (C=O) groups is 2. The van der Waals surface area contributed by atoms with Crippen molar-refractivity contribution in [2.45, 2.75) is 76.2 Å². The summed E-state index contributed by atoms with van der Waals surface area (Å²) in [7, 11) is 0. The Bertz CT molecular complexity index is 599. The van der Waals surface area contributed by atoms with Crippen LogP contribution in [0.25, 0.3) is 0 Å². The third-order valence-electron chi connectivity index (χ3n) is 6.88. The molecule has 166 valence electrons. The minimum atomic E-state index is -1.01. The van der Waals surface area contributed by atoms with Crippen molar-refractivity contribution in [3.05, 3.63) is 0 Å². The second-order valence-electron chi connectivity index (χ2n) is 10.3. The lowest BCUT2D eigenvalue weighted by Gasteiger charge is -2.67. The van der Waals surface area contributed by atoms with Gasteiger partial charge in [-0.25, -0.2) is 4.79 Å². The number of aldehydes is 1. The fourth-order valence-corrected chi connectivity index (χ4v) is 6.62. The fraction of sp³-hybridized carbons (Fsp3) is 0.905. The summed E-state index contributed by atoms with van der Waals surface area (Å²) in [4.78, 5) is 26.6. The van der Waals surface area contributed by atoms with Crippen LogP contribution in [0.4, 0.5) is 4.79 Å². The van der Waals surface area contributed by atoms with Gasteiger partial charge >= 0.3 is 6.09 Å². The number of aliphatic hydroxyl groups excluding tert-OH is 2. The van der Waals surface area contributed by atoms with Gasteiger partial charge in [0.2, 0.25) is 0 Å². The number of aliphatic hydroxyl groups is 3. The lowest BCUT2D eigenvalue weighted by Crippen LogP contribution is -2.74. The Morgan fingerprint density at radius 3 is 2.17 bits per heavy atom. The summed E-state index contributed by atoms with van der Waals surface area (Å²) in [5.74, 6) is 0.566. The molecule has 0 spiro atoms. The van der Waals surface area contributed by atoms with Gasteiger partial charge < -0.3 is 25.4 Å². The molecule has 0 aromatic carbocycles. The largest absolute Gasteiger partial charge is 0.438 e. The Balaban J connectivity index is 1.96. The topological polar surface area (TPSA) is 119 Å². The van der Waals surface area contributed by atoms with E-state index in [1.54, 1.807) is 0 Å². The van der Waals surface area contributed by atoms with Gasteiger partial charge in [0.1, 0.15) is 0 Å². The Hall–Kier alpha value is -1.22. The van der Waals surface area contributed by atoms with Crippen LogP contribution in [-0.4, -0.2) is 82.2 Å². The van der Waals surface area contributed by atoms with Gasteiger partial charge in [-0.15, -0.1) is 0 Å². The van der Waals surface area contributed by atoms with Crippen LogP contribution in [0.15, 0.2) is 0 Å². The van der Waals surface area contributed by atoms with Gasteiger partial charge in [0, 0.05) is 30.1 Å². The zero-order valence-electron chi connectivity index (χ0n) is 17.8. The number of hydrogen-bond donors (Lipinski definition) is 4. The van der Waals surface area contributed by atoms with E-state index in [0.717, 1.165) is 6.42 Å². The highest BCUT2D eigenvalue weighted by Gasteiger charge is 2.68. The van der Waals surface area contributed by atoms with Crippen molar-refractivity contribution in [2.75, 3.05) is 26.3 Å². The molecule has 4 bridgehead atoms. The van der Waals surface area contributed by atoms with Crippen LogP contribution in [-0.2, 0) is 9.53 Å². The van der Waals surface area contributed by atoms with E-state index in [0.29, 0.717) is 32.0 Å². The van der Waals surface area contributed by atoms with Crippen LogP contribution in [0, 0.1) is 17.3 Å². The highest BCUT2D eigenvalue weighted by Crippen LogP contribution is 2.64. The van der Waals surface area contributed by atoms with Gasteiger partial charge in [-0.1, -0.05) is 0 Å². The maximum absolute atomic E-state index is 12.5. The Kier molecular flexibility index (Phi) is 6.30. The molecule has 0 aromatic rings. The number of hydrogen-bond acceptors (Lipinski definition) is 7. The van der Waals surface area contributed by atoms with E-state index >= 15 is 0 Å². The van der Waals surface area contributed by atoms with E-state index in [4.69, 9.17) is 4.74 Å². The average Bonchev–Trinajstić information content (AvgIpc) is 2.56. The lowest BCUT2D eigenvalue weighted by molar-refractivity contribution is -0.243. The van der Waals surface area contributed by atoms with E-state index in [1.165, 1.54) is 0 Å². The molecule has 4 aliphatic rings. The molecule has 8 heteroatoms. The molecule has 0 aliphatic heterocycles. The van der Waals surface area contributed by atoms with E-state index in [2.05, 4.69) is 5.32 Å². The first-order valence-corrected chi connectivity index (χ1v) is 10.7. The Morgan fingerprint density at radius 2 is 1.72 bits per heavy atom. The summed E-state index contributed by atoms with van der Waals surface area (Å²) in [6, 6.07) is -0.459. The summed E-state index contributed by atoms with van der Waals surface area (Å²) < 4.78 is 5.66. The van der Waals surface area contributed by atoms with Gasteiger partial charge in [0.05, 0.1) is 18.8 Å². The smallest absolute Gasteiger partial charge is 0.408 e. The van der Waals surface area contributed by atoms with Gasteiger partial charge in [-0.3, -0.25) is 9.69 Å². The molecule has 4 atom stereocenters. The minimum Gasteiger partial charge on any atom is -0.438 e. The summed E-state index contributed by atoms with van der Waals surface area (Å²) in [5.41, 5.74) is -2.23. The number of ether oxygens (including phenoxy) is 1. The molecule has 4 unspecified atom stereocenters. The third-order valence-corrected chi connectivity index (χ3v) is 6.88. The zero-order valence-corrected chi connectivity index (χ0v) is 17.8. The molecule has 4 rings (SSSR count). The Morgan fingerprint density at radius 1 is 1.17 bits per heavy atom. The molecule has 29 heavy (non-hydrogen) atoms. The van der Waals surface area contributed by atoms with E-state index in [-0.39, 0.29) is 38.1 Å². The minimum absolute atomic E-state index is 0.118. The van der Waals surface area contributed by atoms with Crippen LogP contribution >= 0.6 is 0 Å². The molecule has 4 N–H and O–H groups in total. The molecular formula is C21H36N2O6. The number of alkyl carbamates (subject to hydrolysis) is 1. The highest BCUT2D eigenvalue weighted by atomic mass is 16.6. The van der Waals surface area contributed by atoms with Crippen LogP contribution in [0.5, 0.6) is 0 Å². The SMILES string of the molecule is CC(C)(C)NC(=O)OC(C=O)C12CC3CC(CC(O)(C3)C1N(CCO)CCO)C2. The van der Waals surface area contributed by atoms with Crippen LogP contribution in [0.3, 0.4) is 0 Å². The molecule has 8 nitrogen and oxygen atoms in total. The van der Waals surface area contributed by atoms with Crippen molar-refractivity contribution in [1.82, 2.24) is 10.2 Å². The van der Waals surface area contributed by atoms with Gasteiger partial charge in [-0.2, -0.15) is 0 Å². The van der Waals surface area contributed by atoms with Crippen molar-refractivity contribution in [3.63, 3.8) is 0 Å². The summed E-state index contributed by atoms with van der Waals surface area (Å²) in [6.45, 7) is 5.84. The third kappa shape index (κ3) is 4.31.